The molecule has 0 radical (unpaired) electrons. The second kappa shape index (κ2) is 13.5. The molecule has 1 fully saturated rings. The molecule has 8 nitrogen and oxygen atoms in total. The second-order valence-corrected chi connectivity index (χ2v) is 11.7. The summed E-state index contributed by atoms with van der Waals surface area (Å²) in [5, 5.41) is 13.2. The van der Waals surface area contributed by atoms with Gasteiger partial charge in [0.2, 0.25) is 5.91 Å². The molecule has 1 amide bonds. The maximum atomic E-state index is 12.8. The molecule has 1 aromatic heterocycles. The minimum atomic E-state index is -0.300. The number of rotatable bonds is 11. The summed E-state index contributed by atoms with van der Waals surface area (Å²) in [6.45, 7) is 14.3. The first-order valence-electron chi connectivity index (χ1n) is 13.5. The lowest BCUT2D eigenvalue weighted by Crippen LogP contribution is -2.36. The van der Waals surface area contributed by atoms with Gasteiger partial charge in [-0.2, -0.15) is 0 Å². The summed E-state index contributed by atoms with van der Waals surface area (Å²) in [7, 11) is 0. The largest absolute Gasteiger partial charge is 0.482 e. The van der Waals surface area contributed by atoms with Gasteiger partial charge < -0.3 is 24.3 Å². The van der Waals surface area contributed by atoms with Crippen LogP contribution in [-0.2, 0) is 16.1 Å². The molecule has 4 rings (SSSR count). The molecule has 0 bridgehead atoms. The Labute approximate surface area is 240 Å². The Kier molecular flexibility index (Phi) is 10.2. The molecule has 1 saturated heterocycles. The number of para-hydroxylation sites is 1. The summed E-state index contributed by atoms with van der Waals surface area (Å²) in [6.07, 6.45) is -0.300. The monoisotopic (exact) mass is 571 g/mol. The van der Waals surface area contributed by atoms with Crippen LogP contribution in [0.15, 0.2) is 47.6 Å². The number of hydrogen-bond donors (Lipinski definition) is 1. The molecule has 0 saturated carbocycles. The Morgan fingerprint density at radius 1 is 1.10 bits per heavy atom. The molecule has 0 aliphatic carbocycles. The molecular weight excluding hydrogens is 534 g/mol. The van der Waals surface area contributed by atoms with Gasteiger partial charge >= 0.3 is 0 Å². The van der Waals surface area contributed by atoms with Crippen LogP contribution in [0.25, 0.3) is 0 Å². The maximum absolute atomic E-state index is 12.8. The number of halogens is 1. The number of hydrogen-bond acceptors (Lipinski definition) is 7. The lowest BCUT2D eigenvalue weighted by atomic mass is 10.0. The van der Waals surface area contributed by atoms with Crippen molar-refractivity contribution >= 4 is 40.6 Å². The van der Waals surface area contributed by atoms with Crippen LogP contribution in [0.3, 0.4) is 0 Å². The highest BCUT2D eigenvalue weighted by molar-refractivity contribution is 7.99. The highest BCUT2D eigenvalue weighted by Crippen LogP contribution is 2.32. The van der Waals surface area contributed by atoms with Crippen LogP contribution in [0.1, 0.15) is 58.0 Å². The lowest BCUT2D eigenvalue weighted by Gasteiger charge is -2.29. The van der Waals surface area contributed by atoms with Crippen molar-refractivity contribution in [3.05, 3.63) is 58.9 Å². The first kappa shape index (κ1) is 29.2. The van der Waals surface area contributed by atoms with Gasteiger partial charge in [0.25, 0.3) is 0 Å². The Morgan fingerprint density at radius 2 is 1.85 bits per heavy atom. The number of benzene rings is 2. The van der Waals surface area contributed by atoms with Crippen LogP contribution >= 0.6 is 23.4 Å². The number of nitrogens with zero attached hydrogens (tertiary/aromatic N) is 4. The number of nitrogens with one attached hydrogen (secondary N) is 1. The zero-order valence-corrected chi connectivity index (χ0v) is 24.9. The van der Waals surface area contributed by atoms with Gasteiger partial charge in [0.1, 0.15) is 5.75 Å². The van der Waals surface area contributed by atoms with E-state index in [0.29, 0.717) is 40.9 Å². The third-order valence-corrected chi connectivity index (χ3v) is 7.69. The molecule has 2 aromatic carbocycles. The van der Waals surface area contributed by atoms with Gasteiger partial charge in [-0.25, -0.2) is 0 Å². The highest BCUT2D eigenvalue weighted by atomic mass is 35.5. The Morgan fingerprint density at radius 3 is 2.54 bits per heavy atom. The van der Waals surface area contributed by atoms with Gasteiger partial charge in [0.05, 0.1) is 29.7 Å². The third-order valence-electron chi connectivity index (χ3n) is 6.42. The first-order chi connectivity index (χ1) is 18.7. The van der Waals surface area contributed by atoms with E-state index in [1.165, 1.54) is 11.8 Å². The molecule has 1 atom stereocenters. The van der Waals surface area contributed by atoms with E-state index in [1.807, 2.05) is 37.3 Å². The smallest absolute Gasteiger partial charge is 0.234 e. The quantitative estimate of drug-likeness (QED) is 0.266. The predicted octanol–water partition coefficient (Wildman–Crippen LogP) is 6.42. The van der Waals surface area contributed by atoms with Gasteiger partial charge in [-0.3, -0.25) is 4.79 Å². The van der Waals surface area contributed by atoms with Crippen molar-refractivity contribution < 1.29 is 14.3 Å². The van der Waals surface area contributed by atoms with Crippen LogP contribution in [0.5, 0.6) is 5.75 Å². The Bertz CT molecular complexity index is 1260. The standard InChI is InChI=1S/C29H38ClN5O3S/c1-19(2)17-35-28(21(5)38-26-9-7-6-8-23(26)20(3)4)32-33-29(35)39-18-27(36)31-22-10-11-25(24(30)16-22)34-12-14-37-15-13-34/h6-11,16,19-21H,12-15,17-18H2,1-5H3,(H,31,36). The van der Waals surface area contributed by atoms with E-state index in [9.17, 15) is 4.79 Å². The lowest BCUT2D eigenvalue weighted by molar-refractivity contribution is -0.113. The van der Waals surface area contributed by atoms with E-state index >= 15 is 0 Å². The molecule has 39 heavy (non-hydrogen) atoms. The molecule has 0 spiro atoms. The zero-order valence-electron chi connectivity index (χ0n) is 23.3. The molecule has 1 N–H and O–H groups in total. The number of anilines is 2. The SMILES string of the molecule is CC(C)Cn1c(SCC(=O)Nc2ccc(N3CCOCC3)c(Cl)c2)nnc1C(C)Oc1ccccc1C(C)C. The number of carbonyl (C=O) groups is 1. The van der Waals surface area contributed by atoms with Crippen LogP contribution in [0, 0.1) is 5.92 Å². The summed E-state index contributed by atoms with van der Waals surface area (Å²) < 4.78 is 13.9. The third kappa shape index (κ3) is 7.68. The molecule has 1 aliphatic rings. The molecule has 3 aromatic rings. The Balaban J connectivity index is 1.41. The fourth-order valence-corrected chi connectivity index (χ4v) is 5.58. The van der Waals surface area contributed by atoms with Gasteiger partial charge in [0.15, 0.2) is 17.1 Å². The van der Waals surface area contributed by atoms with E-state index in [-0.39, 0.29) is 17.8 Å². The van der Waals surface area contributed by atoms with E-state index in [4.69, 9.17) is 21.1 Å². The van der Waals surface area contributed by atoms with Crippen LogP contribution in [0.4, 0.5) is 11.4 Å². The fourth-order valence-electron chi connectivity index (χ4n) is 4.52. The molecule has 2 heterocycles. The highest BCUT2D eigenvalue weighted by Gasteiger charge is 2.22. The van der Waals surface area contributed by atoms with E-state index < -0.39 is 0 Å². The number of carbonyl (C=O) groups excluding carboxylic acids is 1. The van der Waals surface area contributed by atoms with Crippen molar-refractivity contribution in [2.75, 3.05) is 42.3 Å². The number of morpholine rings is 1. The number of thioether (sulfide) groups is 1. The molecule has 210 valence electrons. The normalized spacial score (nSPS) is 14.6. The number of aromatic nitrogens is 3. The minimum absolute atomic E-state index is 0.133. The zero-order chi connectivity index (χ0) is 27.9. The van der Waals surface area contributed by atoms with E-state index in [0.717, 1.165) is 42.5 Å². The molecule has 10 heteroatoms. The van der Waals surface area contributed by atoms with Crippen LogP contribution in [0.2, 0.25) is 5.02 Å². The van der Waals surface area contributed by atoms with E-state index in [2.05, 4.69) is 58.7 Å². The second-order valence-electron chi connectivity index (χ2n) is 10.4. The van der Waals surface area contributed by atoms with Crippen molar-refractivity contribution in [2.24, 2.45) is 5.92 Å². The molecular formula is C29H38ClN5O3S. The van der Waals surface area contributed by atoms with E-state index in [1.54, 1.807) is 6.07 Å². The number of ether oxygens (including phenoxy) is 2. The average Bonchev–Trinajstić information content (AvgIpc) is 3.30. The van der Waals surface area contributed by atoms with Crippen molar-refractivity contribution in [1.29, 1.82) is 0 Å². The van der Waals surface area contributed by atoms with Gasteiger partial charge in [0, 0.05) is 25.3 Å². The molecule has 1 aliphatic heterocycles. The van der Waals surface area contributed by atoms with Gasteiger partial charge in [-0.1, -0.05) is 69.3 Å². The minimum Gasteiger partial charge on any atom is -0.482 e. The van der Waals surface area contributed by atoms with Crippen molar-refractivity contribution in [3.8, 4) is 5.75 Å². The summed E-state index contributed by atoms with van der Waals surface area (Å²) in [6, 6.07) is 13.7. The first-order valence-corrected chi connectivity index (χ1v) is 14.8. The summed E-state index contributed by atoms with van der Waals surface area (Å²) in [5.74, 6) is 2.38. The van der Waals surface area contributed by atoms with Crippen molar-refractivity contribution in [1.82, 2.24) is 14.8 Å². The molecule has 1 unspecified atom stereocenters. The average molecular weight is 572 g/mol. The van der Waals surface area contributed by atoms with Crippen LogP contribution < -0.4 is 15.0 Å². The fraction of sp³-hybridized carbons (Fsp3) is 0.483. The van der Waals surface area contributed by atoms with Gasteiger partial charge in [-0.15, -0.1) is 10.2 Å². The summed E-state index contributed by atoms with van der Waals surface area (Å²) in [5.41, 5.74) is 2.77. The Hall–Kier alpha value is -2.75. The van der Waals surface area contributed by atoms with Crippen LogP contribution in [-0.4, -0.2) is 52.7 Å². The van der Waals surface area contributed by atoms with Crippen molar-refractivity contribution in [3.63, 3.8) is 0 Å². The summed E-state index contributed by atoms with van der Waals surface area (Å²) >= 11 is 7.90. The summed E-state index contributed by atoms with van der Waals surface area (Å²) in [4.78, 5) is 15.0. The maximum Gasteiger partial charge on any atom is 0.234 e. The van der Waals surface area contributed by atoms with Gasteiger partial charge in [-0.05, 0) is 48.6 Å². The predicted molar refractivity (Wildman–Crippen MR) is 158 cm³/mol. The topological polar surface area (TPSA) is 81.5 Å². The number of amides is 1. The van der Waals surface area contributed by atoms with Crippen molar-refractivity contribution in [2.45, 2.75) is 58.3 Å².